The van der Waals surface area contributed by atoms with Crippen LogP contribution in [0.25, 0.3) is 0 Å². The number of carboxylic acids is 1. The van der Waals surface area contributed by atoms with Crippen LogP contribution < -0.4 is 10.6 Å². The minimum atomic E-state index is -0.908. The number of carbonyl (C=O) groups excluding carboxylic acids is 2. The fraction of sp³-hybridized carbons (Fsp3) is 0.750. The zero-order valence-electron chi connectivity index (χ0n) is 11.6. The summed E-state index contributed by atoms with van der Waals surface area (Å²) in [6, 6.07) is -1.19. The molecule has 1 unspecified atom stereocenters. The Kier molecular flexibility index (Phi) is 8.32. The van der Waals surface area contributed by atoms with Crippen molar-refractivity contribution in [2.45, 2.75) is 39.2 Å². The van der Waals surface area contributed by atoms with Crippen LogP contribution in [0.4, 0.5) is 4.79 Å². The zero-order chi connectivity index (χ0) is 14.8. The molecule has 0 radical (unpaired) electrons. The largest absolute Gasteiger partial charge is 0.481 e. The van der Waals surface area contributed by atoms with Gasteiger partial charge in [0.15, 0.2) is 0 Å². The van der Waals surface area contributed by atoms with Crippen LogP contribution in [0.2, 0.25) is 0 Å². The maximum atomic E-state index is 11.5. The van der Waals surface area contributed by atoms with E-state index in [1.165, 1.54) is 7.11 Å². The fourth-order valence-corrected chi connectivity index (χ4v) is 1.48. The van der Waals surface area contributed by atoms with Gasteiger partial charge in [0.2, 0.25) is 0 Å². The molecule has 0 saturated carbocycles. The summed E-state index contributed by atoms with van der Waals surface area (Å²) in [4.78, 5) is 33.3. The molecule has 0 fully saturated rings. The van der Waals surface area contributed by atoms with Crippen molar-refractivity contribution >= 4 is 18.0 Å². The molecule has 0 rings (SSSR count). The van der Waals surface area contributed by atoms with Gasteiger partial charge >= 0.3 is 18.0 Å². The van der Waals surface area contributed by atoms with Crippen molar-refractivity contribution in [2.24, 2.45) is 5.92 Å². The lowest BCUT2D eigenvalue weighted by Crippen LogP contribution is -2.47. The predicted octanol–water partition coefficient (Wildman–Crippen LogP) is 0.738. The first-order chi connectivity index (χ1) is 8.86. The molecule has 0 aliphatic carbocycles. The summed E-state index contributed by atoms with van der Waals surface area (Å²) in [6.07, 6.45) is 0.817. The van der Waals surface area contributed by atoms with Gasteiger partial charge in [-0.1, -0.05) is 13.8 Å². The fourth-order valence-electron chi connectivity index (χ4n) is 1.48. The van der Waals surface area contributed by atoms with Gasteiger partial charge in [-0.15, -0.1) is 0 Å². The number of carbonyl (C=O) groups is 3. The average molecular weight is 274 g/mol. The summed E-state index contributed by atoms with van der Waals surface area (Å²) in [5, 5.41) is 13.5. The van der Waals surface area contributed by atoms with Gasteiger partial charge < -0.3 is 20.5 Å². The molecular weight excluding hydrogens is 252 g/mol. The van der Waals surface area contributed by atoms with Gasteiger partial charge in [-0.05, 0) is 18.8 Å². The Morgan fingerprint density at radius 1 is 1.26 bits per heavy atom. The molecular formula is C12H22N2O5. The van der Waals surface area contributed by atoms with Crippen molar-refractivity contribution in [3.05, 3.63) is 0 Å². The highest BCUT2D eigenvalue weighted by Gasteiger charge is 2.22. The number of methoxy groups -OCH3 is 1. The third-order valence-corrected chi connectivity index (χ3v) is 2.35. The topological polar surface area (TPSA) is 105 Å². The number of amides is 2. The van der Waals surface area contributed by atoms with E-state index < -0.39 is 24.0 Å². The van der Waals surface area contributed by atoms with E-state index in [1.807, 2.05) is 13.8 Å². The van der Waals surface area contributed by atoms with E-state index in [0.29, 0.717) is 12.8 Å². The highest BCUT2D eigenvalue weighted by Crippen LogP contribution is 2.06. The Hall–Kier alpha value is -1.79. The third kappa shape index (κ3) is 8.87. The lowest BCUT2D eigenvalue weighted by Gasteiger charge is -2.18. The molecule has 0 aliphatic heterocycles. The SMILES string of the molecule is COC(=O)C(CC(C)C)NC(=O)NCCCC(=O)O. The highest BCUT2D eigenvalue weighted by molar-refractivity contribution is 5.83. The number of aliphatic carboxylic acids is 1. The molecule has 7 nitrogen and oxygen atoms in total. The Bertz CT molecular complexity index is 317. The summed E-state index contributed by atoms with van der Waals surface area (Å²) in [7, 11) is 1.27. The van der Waals surface area contributed by atoms with Gasteiger partial charge in [0, 0.05) is 13.0 Å². The average Bonchev–Trinajstić information content (AvgIpc) is 2.32. The van der Waals surface area contributed by atoms with E-state index in [-0.39, 0.29) is 18.9 Å². The van der Waals surface area contributed by atoms with Crippen LogP contribution in [-0.2, 0) is 14.3 Å². The number of nitrogens with one attached hydrogen (secondary N) is 2. The lowest BCUT2D eigenvalue weighted by molar-refractivity contribution is -0.143. The van der Waals surface area contributed by atoms with Gasteiger partial charge in [-0.2, -0.15) is 0 Å². The number of ether oxygens (including phenoxy) is 1. The number of hydrogen-bond acceptors (Lipinski definition) is 4. The van der Waals surface area contributed by atoms with Crippen molar-refractivity contribution < 1.29 is 24.2 Å². The Balaban J connectivity index is 4.09. The van der Waals surface area contributed by atoms with E-state index in [2.05, 4.69) is 15.4 Å². The van der Waals surface area contributed by atoms with Crippen molar-refractivity contribution in [3.63, 3.8) is 0 Å². The molecule has 7 heteroatoms. The summed E-state index contributed by atoms with van der Waals surface area (Å²) >= 11 is 0. The molecule has 0 aromatic carbocycles. The first-order valence-corrected chi connectivity index (χ1v) is 6.20. The van der Waals surface area contributed by atoms with Crippen molar-refractivity contribution in [1.29, 1.82) is 0 Å². The second-order valence-corrected chi connectivity index (χ2v) is 4.60. The molecule has 3 N–H and O–H groups in total. The first kappa shape index (κ1) is 17.2. The predicted molar refractivity (Wildman–Crippen MR) is 68.7 cm³/mol. The summed E-state index contributed by atoms with van der Waals surface area (Å²) in [6.45, 7) is 4.11. The van der Waals surface area contributed by atoms with Gasteiger partial charge in [0.1, 0.15) is 6.04 Å². The number of carboxylic acid groups (broad SMARTS) is 1. The van der Waals surface area contributed by atoms with Gasteiger partial charge in [0.25, 0.3) is 0 Å². The molecule has 0 aromatic heterocycles. The van der Waals surface area contributed by atoms with Crippen LogP contribution in [-0.4, -0.2) is 42.8 Å². The number of esters is 1. The van der Waals surface area contributed by atoms with Crippen LogP contribution in [0.15, 0.2) is 0 Å². The summed E-state index contributed by atoms with van der Waals surface area (Å²) in [5.41, 5.74) is 0. The molecule has 0 aliphatic rings. The Labute approximate surface area is 112 Å². The minimum Gasteiger partial charge on any atom is -0.481 e. The minimum absolute atomic E-state index is 0.00724. The van der Waals surface area contributed by atoms with Crippen LogP contribution in [0.1, 0.15) is 33.1 Å². The van der Waals surface area contributed by atoms with Gasteiger partial charge in [0.05, 0.1) is 7.11 Å². The number of hydrogen-bond donors (Lipinski definition) is 3. The van der Waals surface area contributed by atoms with Crippen LogP contribution in [0.3, 0.4) is 0 Å². The van der Waals surface area contributed by atoms with Crippen LogP contribution in [0, 0.1) is 5.92 Å². The lowest BCUT2D eigenvalue weighted by atomic mass is 10.0. The van der Waals surface area contributed by atoms with Crippen LogP contribution in [0.5, 0.6) is 0 Å². The monoisotopic (exact) mass is 274 g/mol. The van der Waals surface area contributed by atoms with E-state index >= 15 is 0 Å². The van der Waals surface area contributed by atoms with E-state index in [1.54, 1.807) is 0 Å². The second-order valence-electron chi connectivity index (χ2n) is 4.60. The summed E-state index contributed by atoms with van der Waals surface area (Å²) in [5.74, 6) is -1.17. The molecule has 19 heavy (non-hydrogen) atoms. The molecule has 0 aromatic rings. The van der Waals surface area contributed by atoms with Crippen molar-refractivity contribution in [1.82, 2.24) is 10.6 Å². The smallest absolute Gasteiger partial charge is 0.328 e. The molecule has 1 atom stereocenters. The highest BCUT2D eigenvalue weighted by atomic mass is 16.5. The molecule has 0 saturated heterocycles. The third-order valence-electron chi connectivity index (χ3n) is 2.35. The Morgan fingerprint density at radius 3 is 2.37 bits per heavy atom. The van der Waals surface area contributed by atoms with Crippen molar-refractivity contribution in [2.75, 3.05) is 13.7 Å². The van der Waals surface area contributed by atoms with Gasteiger partial charge in [-0.3, -0.25) is 4.79 Å². The number of rotatable bonds is 8. The molecule has 0 heterocycles. The molecule has 2 amide bonds. The van der Waals surface area contributed by atoms with E-state index in [4.69, 9.17) is 5.11 Å². The number of urea groups is 1. The van der Waals surface area contributed by atoms with Crippen molar-refractivity contribution in [3.8, 4) is 0 Å². The summed E-state index contributed by atoms with van der Waals surface area (Å²) < 4.78 is 4.61. The van der Waals surface area contributed by atoms with Crippen LogP contribution >= 0.6 is 0 Å². The zero-order valence-corrected chi connectivity index (χ0v) is 11.6. The molecule has 110 valence electrons. The molecule has 0 spiro atoms. The quantitative estimate of drug-likeness (QED) is 0.447. The van der Waals surface area contributed by atoms with Gasteiger partial charge in [-0.25, -0.2) is 9.59 Å². The standard InChI is InChI=1S/C12H22N2O5/c1-8(2)7-9(11(17)19-3)14-12(18)13-6-4-5-10(15)16/h8-9H,4-7H2,1-3H3,(H,15,16)(H2,13,14,18). The maximum absolute atomic E-state index is 11.5. The molecule has 0 bridgehead atoms. The van der Waals surface area contributed by atoms with E-state index in [0.717, 1.165) is 0 Å². The maximum Gasteiger partial charge on any atom is 0.328 e. The van der Waals surface area contributed by atoms with E-state index in [9.17, 15) is 14.4 Å². The second kappa shape index (κ2) is 9.18. The first-order valence-electron chi connectivity index (χ1n) is 6.20. The normalized spacial score (nSPS) is 11.8. The Morgan fingerprint density at radius 2 is 1.89 bits per heavy atom.